The predicted octanol–water partition coefficient (Wildman–Crippen LogP) is 3.70. The zero-order valence-corrected chi connectivity index (χ0v) is 20.6. The van der Waals surface area contributed by atoms with E-state index in [2.05, 4.69) is 25.5 Å². The summed E-state index contributed by atoms with van der Waals surface area (Å²) in [5, 5.41) is 7.56. The van der Waals surface area contributed by atoms with Gasteiger partial charge in [-0.1, -0.05) is 17.7 Å². The number of nitrogens with zero attached hydrogens (tertiary/aromatic N) is 3. The molecular weight excluding hydrogens is 517 g/mol. The third-order valence-corrected chi connectivity index (χ3v) is 5.05. The Hall–Kier alpha value is -1.94. The second kappa shape index (κ2) is 12.0. The third-order valence-electron chi connectivity index (χ3n) is 4.81. The average Bonchev–Trinajstić information content (AvgIpc) is 3.20. The summed E-state index contributed by atoms with van der Waals surface area (Å²) in [5.41, 5.74) is 2.01. The van der Waals surface area contributed by atoms with Crippen LogP contribution in [0.1, 0.15) is 18.9 Å². The Morgan fingerprint density at radius 2 is 2.20 bits per heavy atom. The Bertz CT molecular complexity index is 852. The Morgan fingerprint density at radius 3 is 2.93 bits per heavy atom. The normalized spacial score (nSPS) is 16.1. The summed E-state index contributed by atoms with van der Waals surface area (Å²) in [4.78, 5) is 10.9. The molecule has 1 aromatic heterocycles. The van der Waals surface area contributed by atoms with Gasteiger partial charge >= 0.3 is 0 Å². The van der Waals surface area contributed by atoms with Gasteiger partial charge in [-0.2, -0.15) is 0 Å². The van der Waals surface area contributed by atoms with Crippen molar-refractivity contribution in [2.24, 2.45) is 4.99 Å². The van der Waals surface area contributed by atoms with Gasteiger partial charge in [-0.25, -0.2) is 4.98 Å². The summed E-state index contributed by atoms with van der Waals surface area (Å²) in [6.45, 7) is 4.88. The Balaban J connectivity index is 0.00000320. The molecule has 0 amide bonds. The number of nitrogens with one attached hydrogen (secondary N) is 2. The van der Waals surface area contributed by atoms with Gasteiger partial charge in [0, 0.05) is 49.5 Å². The molecule has 1 aromatic carbocycles. The van der Waals surface area contributed by atoms with Crippen molar-refractivity contribution >= 4 is 47.2 Å². The standard InChI is InChI=1S/C21H28ClN5O2.HI/c1-4-29-20-15(6-5-10-24-20)13-25-21(23-2)26-17-9-11-27(14-17)18-12-16(22)7-8-19(18)28-3;/h5-8,10,12,17H,4,9,11,13-14H2,1-3H3,(H2,23,25,26);1H. The van der Waals surface area contributed by atoms with Crippen LogP contribution in [0.5, 0.6) is 11.6 Å². The molecular formula is C21H29ClIN5O2. The van der Waals surface area contributed by atoms with Gasteiger partial charge in [0.25, 0.3) is 0 Å². The van der Waals surface area contributed by atoms with Gasteiger partial charge in [0.1, 0.15) is 5.75 Å². The number of benzene rings is 1. The predicted molar refractivity (Wildman–Crippen MR) is 133 cm³/mol. The number of halogens is 2. The minimum Gasteiger partial charge on any atom is -0.495 e. The van der Waals surface area contributed by atoms with Crippen LogP contribution in [0.15, 0.2) is 41.5 Å². The molecule has 2 N–H and O–H groups in total. The minimum atomic E-state index is 0. The maximum atomic E-state index is 6.19. The smallest absolute Gasteiger partial charge is 0.218 e. The highest BCUT2D eigenvalue weighted by Gasteiger charge is 2.25. The fraction of sp³-hybridized carbons (Fsp3) is 0.429. The summed E-state index contributed by atoms with van der Waals surface area (Å²) in [6, 6.07) is 9.88. The second-order valence-corrected chi connectivity index (χ2v) is 7.16. The number of aliphatic imine (C=N–C) groups is 1. The molecule has 2 heterocycles. The second-order valence-electron chi connectivity index (χ2n) is 6.72. The van der Waals surface area contributed by atoms with Crippen molar-refractivity contribution < 1.29 is 9.47 Å². The molecule has 1 aliphatic rings. The monoisotopic (exact) mass is 545 g/mol. The molecule has 1 atom stereocenters. The molecule has 1 unspecified atom stereocenters. The maximum absolute atomic E-state index is 6.19. The number of ether oxygens (including phenoxy) is 2. The molecule has 0 radical (unpaired) electrons. The van der Waals surface area contributed by atoms with Crippen LogP contribution in [0.3, 0.4) is 0 Å². The SMILES string of the molecule is CCOc1ncccc1CNC(=NC)NC1CCN(c2cc(Cl)ccc2OC)C1.I. The zero-order valence-electron chi connectivity index (χ0n) is 17.5. The van der Waals surface area contributed by atoms with Gasteiger partial charge in [0.15, 0.2) is 5.96 Å². The van der Waals surface area contributed by atoms with Gasteiger partial charge < -0.3 is 25.0 Å². The zero-order chi connectivity index (χ0) is 20.6. The van der Waals surface area contributed by atoms with Crippen LogP contribution in [0.2, 0.25) is 5.02 Å². The number of aromatic nitrogens is 1. The Labute approximate surface area is 200 Å². The third kappa shape index (κ3) is 6.28. The van der Waals surface area contributed by atoms with Crippen molar-refractivity contribution in [2.45, 2.75) is 25.9 Å². The van der Waals surface area contributed by atoms with Crippen LogP contribution >= 0.6 is 35.6 Å². The molecule has 0 saturated carbocycles. The quantitative estimate of drug-likeness (QED) is 0.314. The largest absolute Gasteiger partial charge is 0.495 e. The molecule has 1 saturated heterocycles. The lowest BCUT2D eigenvalue weighted by molar-refractivity contribution is 0.322. The fourth-order valence-corrected chi connectivity index (χ4v) is 3.57. The molecule has 0 bridgehead atoms. The molecule has 1 fully saturated rings. The topological polar surface area (TPSA) is 71.0 Å². The molecule has 3 rings (SSSR count). The summed E-state index contributed by atoms with van der Waals surface area (Å²) in [7, 11) is 3.45. The molecule has 0 aliphatic carbocycles. The number of rotatable bonds is 7. The molecule has 30 heavy (non-hydrogen) atoms. The highest BCUT2D eigenvalue weighted by Crippen LogP contribution is 2.33. The summed E-state index contributed by atoms with van der Waals surface area (Å²) >= 11 is 6.19. The van der Waals surface area contributed by atoms with Gasteiger partial charge in [-0.3, -0.25) is 4.99 Å². The number of anilines is 1. The number of hydrogen-bond acceptors (Lipinski definition) is 5. The lowest BCUT2D eigenvalue weighted by Crippen LogP contribution is -2.44. The van der Waals surface area contributed by atoms with E-state index in [1.807, 2.05) is 37.3 Å². The van der Waals surface area contributed by atoms with E-state index in [0.29, 0.717) is 24.1 Å². The highest BCUT2D eigenvalue weighted by molar-refractivity contribution is 14.0. The van der Waals surface area contributed by atoms with Gasteiger partial charge in [0.2, 0.25) is 5.88 Å². The first-order valence-electron chi connectivity index (χ1n) is 9.77. The molecule has 2 aromatic rings. The maximum Gasteiger partial charge on any atom is 0.218 e. The van der Waals surface area contributed by atoms with Crippen molar-refractivity contribution in [3.63, 3.8) is 0 Å². The van der Waals surface area contributed by atoms with E-state index in [4.69, 9.17) is 21.1 Å². The highest BCUT2D eigenvalue weighted by atomic mass is 127. The van der Waals surface area contributed by atoms with E-state index >= 15 is 0 Å². The van der Waals surface area contributed by atoms with E-state index in [1.165, 1.54) is 0 Å². The van der Waals surface area contributed by atoms with E-state index in [-0.39, 0.29) is 30.0 Å². The molecule has 9 heteroatoms. The van der Waals surface area contributed by atoms with Crippen molar-refractivity contribution in [2.75, 3.05) is 38.8 Å². The first-order chi connectivity index (χ1) is 14.1. The molecule has 164 valence electrons. The first kappa shape index (κ1) is 24.3. The molecule has 1 aliphatic heterocycles. The van der Waals surface area contributed by atoms with Crippen LogP contribution in [0.4, 0.5) is 5.69 Å². The summed E-state index contributed by atoms with van der Waals surface area (Å²) in [5.74, 6) is 2.23. The van der Waals surface area contributed by atoms with Crippen LogP contribution < -0.4 is 25.0 Å². The fourth-order valence-electron chi connectivity index (χ4n) is 3.40. The Morgan fingerprint density at radius 1 is 1.37 bits per heavy atom. The van der Waals surface area contributed by atoms with Crippen LogP contribution in [0, 0.1) is 0 Å². The summed E-state index contributed by atoms with van der Waals surface area (Å²) < 4.78 is 11.1. The molecule has 0 spiro atoms. The van der Waals surface area contributed by atoms with Crippen LogP contribution in [-0.2, 0) is 6.54 Å². The van der Waals surface area contributed by atoms with Crippen molar-refractivity contribution in [1.82, 2.24) is 15.6 Å². The van der Waals surface area contributed by atoms with Gasteiger partial charge in [0.05, 0.1) is 19.4 Å². The molecule has 7 nitrogen and oxygen atoms in total. The van der Waals surface area contributed by atoms with Crippen molar-refractivity contribution in [1.29, 1.82) is 0 Å². The number of hydrogen-bond donors (Lipinski definition) is 2. The number of pyridine rings is 1. The van der Waals surface area contributed by atoms with Gasteiger partial charge in [-0.05, 0) is 37.6 Å². The average molecular weight is 546 g/mol. The lowest BCUT2D eigenvalue weighted by Gasteiger charge is -2.22. The lowest BCUT2D eigenvalue weighted by atomic mass is 10.2. The van der Waals surface area contributed by atoms with Gasteiger partial charge in [-0.15, -0.1) is 24.0 Å². The van der Waals surface area contributed by atoms with E-state index in [0.717, 1.165) is 42.5 Å². The van der Waals surface area contributed by atoms with E-state index in [9.17, 15) is 0 Å². The number of guanidine groups is 1. The van der Waals surface area contributed by atoms with E-state index in [1.54, 1.807) is 20.4 Å². The van der Waals surface area contributed by atoms with Crippen LogP contribution in [0.25, 0.3) is 0 Å². The minimum absolute atomic E-state index is 0. The Kier molecular flexibility index (Phi) is 9.77. The van der Waals surface area contributed by atoms with Crippen LogP contribution in [-0.4, -0.2) is 50.8 Å². The number of methoxy groups -OCH3 is 1. The van der Waals surface area contributed by atoms with E-state index < -0.39 is 0 Å². The van der Waals surface area contributed by atoms with Crippen molar-refractivity contribution in [3.8, 4) is 11.6 Å². The van der Waals surface area contributed by atoms with Crippen molar-refractivity contribution in [3.05, 3.63) is 47.1 Å². The summed E-state index contributed by atoms with van der Waals surface area (Å²) in [6.07, 6.45) is 2.73. The first-order valence-corrected chi connectivity index (χ1v) is 10.1.